The van der Waals surface area contributed by atoms with E-state index < -0.39 is 0 Å². The maximum Gasteiger partial charge on any atom is 0.263 e. The highest BCUT2D eigenvalue weighted by atomic mass is 16.5. The molecule has 0 unspecified atom stereocenters. The second-order valence-electron chi connectivity index (χ2n) is 4.47. The number of rotatable bonds is 4. The lowest BCUT2D eigenvalue weighted by molar-refractivity contribution is -0.117. The molecule has 1 N–H and O–H groups in total. The Balaban J connectivity index is 1.92. The minimum absolute atomic E-state index is 0.128. The van der Waals surface area contributed by atoms with E-state index in [-0.39, 0.29) is 11.5 Å². The van der Waals surface area contributed by atoms with Crippen LogP contribution in [-0.4, -0.2) is 37.1 Å². The summed E-state index contributed by atoms with van der Waals surface area (Å²) in [5, 5.41) is 11.8. The Labute approximate surface area is 118 Å². The molecule has 1 aliphatic heterocycles. The highest BCUT2D eigenvalue weighted by molar-refractivity contribution is 5.97. The number of hydrogen-bond acceptors (Lipinski definition) is 4. The molecule has 1 amide bonds. The Morgan fingerprint density at radius 1 is 1.35 bits per heavy atom. The third-order valence-electron chi connectivity index (χ3n) is 3.02. The Hall–Kier alpha value is -2.32. The van der Waals surface area contributed by atoms with Gasteiger partial charge in [0.15, 0.2) is 0 Å². The van der Waals surface area contributed by atoms with Crippen molar-refractivity contribution in [2.75, 3.05) is 26.3 Å². The van der Waals surface area contributed by atoms with Crippen LogP contribution in [0.5, 0.6) is 0 Å². The van der Waals surface area contributed by atoms with Gasteiger partial charge in [-0.3, -0.25) is 4.79 Å². The summed E-state index contributed by atoms with van der Waals surface area (Å²) in [4.78, 5) is 13.9. The predicted molar refractivity (Wildman–Crippen MR) is 74.4 cm³/mol. The summed E-state index contributed by atoms with van der Waals surface area (Å²) in [5.74, 6) is -0.345. The van der Waals surface area contributed by atoms with Gasteiger partial charge < -0.3 is 15.0 Å². The van der Waals surface area contributed by atoms with Gasteiger partial charge >= 0.3 is 0 Å². The van der Waals surface area contributed by atoms with Gasteiger partial charge in [0.25, 0.3) is 5.91 Å². The number of nitrogens with one attached hydrogen (secondary N) is 1. The summed E-state index contributed by atoms with van der Waals surface area (Å²) in [6.45, 7) is 3.08. The van der Waals surface area contributed by atoms with E-state index in [9.17, 15) is 4.79 Å². The summed E-state index contributed by atoms with van der Waals surface area (Å²) in [5.41, 5.74) is 1.13. The molecule has 1 fully saturated rings. The molecule has 1 aromatic rings. The summed E-state index contributed by atoms with van der Waals surface area (Å²) in [7, 11) is 0. The molecule has 0 radical (unpaired) electrons. The molecule has 0 atom stereocenters. The highest BCUT2D eigenvalue weighted by Gasteiger charge is 2.13. The van der Waals surface area contributed by atoms with Gasteiger partial charge in [0.05, 0.1) is 13.2 Å². The van der Waals surface area contributed by atoms with Crippen molar-refractivity contribution in [3.05, 3.63) is 47.7 Å². The number of nitriles is 1. The number of nitrogens with zero attached hydrogens (tertiary/aromatic N) is 2. The van der Waals surface area contributed by atoms with Gasteiger partial charge in [-0.05, 0) is 5.56 Å². The van der Waals surface area contributed by atoms with E-state index in [1.165, 1.54) is 0 Å². The van der Waals surface area contributed by atoms with Gasteiger partial charge in [-0.25, -0.2) is 0 Å². The number of carbonyl (C=O) groups excluding carboxylic acids is 1. The van der Waals surface area contributed by atoms with Crippen LogP contribution in [0.3, 0.4) is 0 Å². The largest absolute Gasteiger partial charge is 0.378 e. The zero-order valence-corrected chi connectivity index (χ0v) is 11.2. The van der Waals surface area contributed by atoms with E-state index in [1.807, 2.05) is 41.3 Å². The van der Waals surface area contributed by atoms with Crippen molar-refractivity contribution in [2.24, 2.45) is 0 Å². The fourth-order valence-corrected chi connectivity index (χ4v) is 1.90. The smallest absolute Gasteiger partial charge is 0.263 e. The van der Waals surface area contributed by atoms with Crippen molar-refractivity contribution in [3.63, 3.8) is 0 Å². The normalized spacial score (nSPS) is 15.6. The fraction of sp³-hybridized carbons (Fsp3) is 0.333. The lowest BCUT2D eigenvalue weighted by Crippen LogP contribution is -2.33. The van der Waals surface area contributed by atoms with E-state index in [0.29, 0.717) is 32.8 Å². The first-order valence-corrected chi connectivity index (χ1v) is 6.55. The molecule has 1 aliphatic rings. The second kappa shape index (κ2) is 7.31. The molecule has 104 valence electrons. The van der Waals surface area contributed by atoms with Gasteiger partial charge in [-0.15, -0.1) is 0 Å². The summed E-state index contributed by atoms with van der Waals surface area (Å²) >= 11 is 0. The van der Waals surface area contributed by atoms with Crippen LogP contribution in [-0.2, 0) is 16.1 Å². The van der Waals surface area contributed by atoms with Crippen LogP contribution in [0.1, 0.15) is 5.56 Å². The minimum atomic E-state index is -0.345. The van der Waals surface area contributed by atoms with Crippen molar-refractivity contribution >= 4 is 5.91 Å². The summed E-state index contributed by atoms with van der Waals surface area (Å²) in [6.07, 6.45) is 1.61. The maximum atomic E-state index is 12.0. The first-order valence-electron chi connectivity index (χ1n) is 6.55. The average molecular weight is 271 g/mol. The third-order valence-corrected chi connectivity index (χ3v) is 3.02. The second-order valence-corrected chi connectivity index (χ2v) is 4.47. The molecule has 5 nitrogen and oxygen atoms in total. The molecule has 20 heavy (non-hydrogen) atoms. The fourth-order valence-electron chi connectivity index (χ4n) is 1.90. The molecule has 1 heterocycles. The molecule has 1 aromatic carbocycles. The van der Waals surface area contributed by atoms with E-state index in [1.54, 1.807) is 6.20 Å². The van der Waals surface area contributed by atoms with Crippen molar-refractivity contribution in [2.45, 2.75) is 6.54 Å². The SMILES string of the molecule is N#C/C(=C/N1CCOCC1)C(=O)NCc1ccccc1. The minimum Gasteiger partial charge on any atom is -0.378 e. The number of benzene rings is 1. The monoisotopic (exact) mass is 271 g/mol. The molecule has 0 bridgehead atoms. The highest BCUT2D eigenvalue weighted by Crippen LogP contribution is 2.03. The molecule has 5 heteroatoms. The Morgan fingerprint density at radius 2 is 2.05 bits per heavy atom. The number of hydrogen-bond donors (Lipinski definition) is 1. The molecule has 0 aliphatic carbocycles. The van der Waals surface area contributed by atoms with Crippen molar-refractivity contribution in [1.29, 1.82) is 5.26 Å². The Morgan fingerprint density at radius 3 is 2.70 bits per heavy atom. The lowest BCUT2D eigenvalue weighted by atomic mass is 10.2. The van der Waals surface area contributed by atoms with E-state index in [0.717, 1.165) is 5.56 Å². The van der Waals surface area contributed by atoms with E-state index in [2.05, 4.69) is 5.32 Å². The van der Waals surface area contributed by atoms with Crippen LogP contribution in [0.15, 0.2) is 42.1 Å². The summed E-state index contributed by atoms with van der Waals surface area (Å²) < 4.78 is 5.23. The molecular formula is C15H17N3O2. The van der Waals surface area contributed by atoms with Crippen molar-refractivity contribution in [3.8, 4) is 6.07 Å². The molecule has 0 aromatic heterocycles. The average Bonchev–Trinajstić information content (AvgIpc) is 2.52. The Kier molecular flexibility index (Phi) is 5.15. The number of carbonyl (C=O) groups is 1. The summed E-state index contributed by atoms with van der Waals surface area (Å²) in [6, 6.07) is 11.6. The number of morpholine rings is 1. The molecule has 1 saturated heterocycles. The van der Waals surface area contributed by atoms with Crippen LogP contribution in [0.25, 0.3) is 0 Å². The standard InChI is InChI=1S/C15H17N3O2/c16-10-14(12-18-6-8-20-9-7-18)15(19)17-11-13-4-2-1-3-5-13/h1-5,12H,6-9,11H2,(H,17,19)/b14-12-. The molecular weight excluding hydrogens is 254 g/mol. The van der Waals surface area contributed by atoms with Gasteiger partial charge in [0, 0.05) is 25.8 Å². The topological polar surface area (TPSA) is 65.4 Å². The van der Waals surface area contributed by atoms with E-state index in [4.69, 9.17) is 10.00 Å². The zero-order chi connectivity index (χ0) is 14.2. The zero-order valence-electron chi connectivity index (χ0n) is 11.2. The quantitative estimate of drug-likeness (QED) is 0.656. The molecule has 0 saturated carbocycles. The lowest BCUT2D eigenvalue weighted by Gasteiger charge is -2.25. The van der Waals surface area contributed by atoms with Gasteiger partial charge in [-0.1, -0.05) is 30.3 Å². The third kappa shape index (κ3) is 4.11. The predicted octanol–water partition coefficient (Wildman–Crippen LogP) is 1.04. The van der Waals surface area contributed by atoms with Crippen LogP contribution >= 0.6 is 0 Å². The number of amides is 1. The van der Waals surface area contributed by atoms with Crippen LogP contribution in [0.4, 0.5) is 0 Å². The van der Waals surface area contributed by atoms with E-state index >= 15 is 0 Å². The van der Waals surface area contributed by atoms with Crippen LogP contribution < -0.4 is 5.32 Å². The first-order chi connectivity index (χ1) is 9.79. The molecule has 0 spiro atoms. The van der Waals surface area contributed by atoms with Gasteiger partial charge in [0.1, 0.15) is 11.6 Å². The van der Waals surface area contributed by atoms with Gasteiger partial charge in [-0.2, -0.15) is 5.26 Å². The van der Waals surface area contributed by atoms with Crippen LogP contribution in [0, 0.1) is 11.3 Å². The molecule has 2 rings (SSSR count). The number of ether oxygens (including phenoxy) is 1. The maximum absolute atomic E-state index is 12.0. The van der Waals surface area contributed by atoms with Gasteiger partial charge in [0.2, 0.25) is 0 Å². The Bertz CT molecular complexity index is 514. The first kappa shape index (κ1) is 14.1. The van der Waals surface area contributed by atoms with Crippen molar-refractivity contribution in [1.82, 2.24) is 10.2 Å². The van der Waals surface area contributed by atoms with Crippen LogP contribution in [0.2, 0.25) is 0 Å². The van der Waals surface area contributed by atoms with Crippen molar-refractivity contribution < 1.29 is 9.53 Å².